The Morgan fingerprint density at radius 3 is 2.32 bits per heavy atom. The molecule has 0 aliphatic heterocycles. The number of hydrogen-bond acceptors (Lipinski definition) is 8. The summed E-state index contributed by atoms with van der Waals surface area (Å²) in [7, 11) is -4.69. The fourth-order valence-electron chi connectivity index (χ4n) is 3.00. The number of nitrogens with one attached hydrogen (secondary N) is 1. The van der Waals surface area contributed by atoms with E-state index in [1.807, 2.05) is 0 Å². The number of fused-ring (bicyclic) bond motifs is 1. The number of nitro groups is 1. The Kier molecular flexibility index (Phi) is 7.32. The minimum atomic E-state index is -5.14. The van der Waals surface area contributed by atoms with Crippen LogP contribution in [0.2, 0.25) is 15.1 Å². The van der Waals surface area contributed by atoms with E-state index >= 15 is 0 Å². The SMILES string of the molecule is O=[N+]([O-])c1cc(OC(F)(F)F)ccc1S(=O)(=O)Nc1cc(Cl)c(Oc2nc3ccc(Cl)cc3s2)c(Cl)c1. The Morgan fingerprint density at radius 1 is 1.03 bits per heavy atom. The first-order valence-electron chi connectivity index (χ1n) is 9.52. The summed E-state index contributed by atoms with van der Waals surface area (Å²) in [6, 6.07) is 8.82. The van der Waals surface area contributed by atoms with Crippen LogP contribution in [0.3, 0.4) is 0 Å². The average molecular weight is 615 g/mol. The number of ether oxygens (including phenoxy) is 2. The number of anilines is 1. The molecular weight excluding hydrogens is 606 g/mol. The Balaban J connectivity index is 1.62. The standard InChI is InChI=1S/C20H9Cl3F3N3O6S2/c21-9-1-3-14-16(5-9)36-19(27-14)34-18-12(22)6-10(7-13(18)23)28-37(32,33)17-4-2-11(35-20(24,25)26)8-15(17)29(30)31/h1-8,28H. The van der Waals surface area contributed by atoms with Crippen LogP contribution in [0, 0.1) is 10.1 Å². The topological polar surface area (TPSA) is 121 Å². The number of hydrogen-bond donors (Lipinski definition) is 1. The van der Waals surface area contributed by atoms with E-state index in [2.05, 4.69) is 14.4 Å². The third kappa shape index (κ3) is 6.27. The highest BCUT2D eigenvalue weighted by molar-refractivity contribution is 7.92. The third-order valence-corrected chi connectivity index (χ3v) is 7.54. The molecule has 1 heterocycles. The minimum Gasteiger partial charge on any atom is -0.428 e. The number of nitro benzene ring substituents is 1. The molecule has 9 nitrogen and oxygen atoms in total. The zero-order valence-corrected chi connectivity index (χ0v) is 21.4. The van der Waals surface area contributed by atoms with Crippen LogP contribution < -0.4 is 14.2 Å². The number of halogens is 6. The van der Waals surface area contributed by atoms with Gasteiger partial charge in [0.15, 0.2) is 10.6 Å². The zero-order valence-electron chi connectivity index (χ0n) is 17.5. The lowest BCUT2D eigenvalue weighted by Gasteiger charge is -2.13. The summed E-state index contributed by atoms with van der Waals surface area (Å²) in [6.45, 7) is 0. The highest BCUT2D eigenvalue weighted by atomic mass is 35.5. The van der Waals surface area contributed by atoms with Gasteiger partial charge in [0.05, 0.1) is 36.9 Å². The first-order chi connectivity index (χ1) is 17.2. The van der Waals surface area contributed by atoms with Crippen LogP contribution in [0.15, 0.2) is 53.4 Å². The van der Waals surface area contributed by atoms with Crippen molar-refractivity contribution in [2.45, 2.75) is 11.3 Å². The van der Waals surface area contributed by atoms with Crippen molar-refractivity contribution < 1.29 is 36.0 Å². The molecule has 17 heteroatoms. The summed E-state index contributed by atoms with van der Waals surface area (Å²) in [5.74, 6) is -1.01. The molecule has 0 radical (unpaired) electrons. The second kappa shape index (κ2) is 10.0. The number of sulfonamides is 1. The molecule has 0 atom stereocenters. The molecule has 0 fully saturated rings. The average Bonchev–Trinajstić information content (AvgIpc) is 3.16. The van der Waals surface area contributed by atoms with Gasteiger partial charge in [0.1, 0.15) is 5.75 Å². The van der Waals surface area contributed by atoms with E-state index in [9.17, 15) is 31.7 Å². The van der Waals surface area contributed by atoms with Crippen LogP contribution in [0.25, 0.3) is 10.2 Å². The van der Waals surface area contributed by atoms with Gasteiger partial charge in [-0.25, -0.2) is 13.4 Å². The molecule has 3 aromatic carbocycles. The molecule has 37 heavy (non-hydrogen) atoms. The number of benzene rings is 3. The summed E-state index contributed by atoms with van der Waals surface area (Å²) >= 11 is 19.6. The van der Waals surface area contributed by atoms with Gasteiger partial charge >= 0.3 is 6.36 Å². The zero-order chi connectivity index (χ0) is 27.1. The van der Waals surface area contributed by atoms with E-state index < -0.39 is 37.6 Å². The smallest absolute Gasteiger partial charge is 0.428 e. The maximum absolute atomic E-state index is 12.8. The van der Waals surface area contributed by atoms with E-state index in [1.54, 1.807) is 18.2 Å². The van der Waals surface area contributed by atoms with E-state index in [0.29, 0.717) is 28.7 Å². The highest BCUT2D eigenvalue weighted by Gasteiger charge is 2.33. The molecule has 1 N–H and O–H groups in total. The van der Waals surface area contributed by atoms with Crippen LogP contribution in [0.5, 0.6) is 16.7 Å². The number of aromatic nitrogens is 1. The lowest BCUT2D eigenvalue weighted by atomic mass is 10.3. The molecule has 0 amide bonds. The van der Waals surface area contributed by atoms with Crippen molar-refractivity contribution in [3.05, 3.63) is 73.7 Å². The van der Waals surface area contributed by atoms with Gasteiger partial charge in [-0.15, -0.1) is 13.2 Å². The molecular formula is C20H9Cl3F3N3O6S2. The maximum Gasteiger partial charge on any atom is 0.573 e. The van der Waals surface area contributed by atoms with Crippen molar-refractivity contribution in [2.75, 3.05) is 4.72 Å². The van der Waals surface area contributed by atoms with Gasteiger partial charge in [-0.3, -0.25) is 14.8 Å². The van der Waals surface area contributed by atoms with Gasteiger partial charge in [0, 0.05) is 5.02 Å². The Bertz CT molecular complexity index is 1620. The molecule has 0 aliphatic rings. The normalized spacial score (nSPS) is 11.9. The van der Waals surface area contributed by atoms with Crippen LogP contribution in [-0.2, 0) is 10.0 Å². The third-order valence-electron chi connectivity index (χ3n) is 4.42. The van der Waals surface area contributed by atoms with E-state index in [1.165, 1.54) is 0 Å². The van der Waals surface area contributed by atoms with Crippen LogP contribution >= 0.6 is 46.1 Å². The number of nitrogens with zero attached hydrogens (tertiary/aromatic N) is 2. The van der Waals surface area contributed by atoms with Gasteiger partial charge in [-0.1, -0.05) is 46.1 Å². The predicted octanol–water partition coefficient (Wildman–Crippen LogP) is 7.66. The molecule has 4 aromatic rings. The summed E-state index contributed by atoms with van der Waals surface area (Å²) in [4.78, 5) is 13.5. The van der Waals surface area contributed by atoms with Crippen molar-refractivity contribution in [3.8, 4) is 16.7 Å². The van der Waals surface area contributed by atoms with Crippen molar-refractivity contribution >= 4 is 77.8 Å². The first-order valence-corrected chi connectivity index (χ1v) is 13.0. The van der Waals surface area contributed by atoms with Crippen molar-refractivity contribution in [1.29, 1.82) is 0 Å². The Hall–Kier alpha value is -3.04. The summed E-state index contributed by atoms with van der Waals surface area (Å²) in [5.41, 5.74) is -0.750. The maximum atomic E-state index is 12.8. The fourth-order valence-corrected chi connectivity index (χ4v) is 5.86. The first kappa shape index (κ1) is 27.0. The van der Waals surface area contributed by atoms with Crippen molar-refractivity contribution in [3.63, 3.8) is 0 Å². The molecule has 0 saturated carbocycles. The van der Waals surface area contributed by atoms with Crippen molar-refractivity contribution in [1.82, 2.24) is 4.98 Å². The number of thiazole rings is 1. The molecule has 0 aliphatic carbocycles. The fraction of sp³-hybridized carbons (Fsp3) is 0.0500. The Morgan fingerprint density at radius 2 is 1.70 bits per heavy atom. The molecule has 0 bridgehead atoms. The van der Waals surface area contributed by atoms with Crippen molar-refractivity contribution in [2.24, 2.45) is 0 Å². The summed E-state index contributed by atoms with van der Waals surface area (Å²) in [6.07, 6.45) is -5.14. The summed E-state index contributed by atoms with van der Waals surface area (Å²) < 4.78 is 75.1. The second-order valence-corrected chi connectivity index (χ2v) is 10.9. The highest BCUT2D eigenvalue weighted by Crippen LogP contribution is 2.42. The van der Waals surface area contributed by atoms with E-state index in [4.69, 9.17) is 39.5 Å². The monoisotopic (exact) mass is 613 g/mol. The largest absolute Gasteiger partial charge is 0.573 e. The number of rotatable bonds is 7. The quantitative estimate of drug-likeness (QED) is 0.168. The summed E-state index contributed by atoms with van der Waals surface area (Å²) in [5, 5.41) is 11.8. The molecule has 4 rings (SSSR count). The lowest BCUT2D eigenvalue weighted by Crippen LogP contribution is -2.18. The molecule has 1 aromatic heterocycles. The van der Waals surface area contributed by atoms with E-state index in [-0.39, 0.29) is 26.7 Å². The van der Waals surface area contributed by atoms with Crippen LogP contribution in [0.4, 0.5) is 24.5 Å². The van der Waals surface area contributed by atoms with Gasteiger partial charge < -0.3 is 9.47 Å². The van der Waals surface area contributed by atoms with Gasteiger partial charge in [-0.05, 0) is 42.5 Å². The molecule has 0 saturated heterocycles. The van der Waals surface area contributed by atoms with Gasteiger partial charge in [-0.2, -0.15) is 0 Å². The number of alkyl halides is 3. The molecule has 0 spiro atoms. The van der Waals surface area contributed by atoms with Gasteiger partial charge in [0.25, 0.3) is 20.9 Å². The lowest BCUT2D eigenvalue weighted by molar-refractivity contribution is -0.388. The molecule has 194 valence electrons. The van der Waals surface area contributed by atoms with Crippen LogP contribution in [0.1, 0.15) is 0 Å². The predicted molar refractivity (Wildman–Crippen MR) is 132 cm³/mol. The Labute approximate surface area is 224 Å². The van der Waals surface area contributed by atoms with Gasteiger partial charge in [0.2, 0.25) is 0 Å². The molecule has 0 unspecified atom stereocenters. The van der Waals surface area contributed by atoms with Crippen LogP contribution in [-0.4, -0.2) is 24.7 Å². The van der Waals surface area contributed by atoms with E-state index in [0.717, 1.165) is 28.2 Å². The second-order valence-electron chi connectivity index (χ2n) is 7.00. The minimum absolute atomic E-state index is 0.0453.